The number of hydrogen-bond donors (Lipinski definition) is 0. The molecule has 6 heteroatoms. The van der Waals surface area contributed by atoms with Crippen LogP contribution in [0.2, 0.25) is 0 Å². The van der Waals surface area contributed by atoms with Gasteiger partial charge in [-0.05, 0) is 63.0 Å². The standard InChI is InChI=1S/C26H30N4O2/c1-32-24-12-6-5-11-22(24)25-23(19-30(27-25)21-9-3-2-4-10-21)26(31)29-17-13-20(14-18-29)28-15-7-8-16-28/h2-6,9-12,19-20H,7-8,13-18H2,1H3. The van der Waals surface area contributed by atoms with Crippen LogP contribution in [0, 0.1) is 0 Å². The predicted molar refractivity (Wildman–Crippen MR) is 125 cm³/mol. The van der Waals surface area contributed by atoms with Crippen LogP contribution in [0.5, 0.6) is 5.75 Å². The zero-order valence-electron chi connectivity index (χ0n) is 18.6. The zero-order valence-corrected chi connectivity index (χ0v) is 18.6. The first-order valence-corrected chi connectivity index (χ1v) is 11.6. The van der Waals surface area contributed by atoms with Gasteiger partial charge in [-0.25, -0.2) is 4.68 Å². The molecule has 32 heavy (non-hydrogen) atoms. The van der Waals surface area contributed by atoms with Gasteiger partial charge in [0, 0.05) is 30.9 Å². The molecule has 3 aromatic rings. The Morgan fingerprint density at radius 2 is 1.62 bits per heavy atom. The third-order valence-electron chi connectivity index (χ3n) is 6.74. The first-order valence-electron chi connectivity index (χ1n) is 11.6. The third kappa shape index (κ3) is 4.02. The lowest BCUT2D eigenvalue weighted by atomic mass is 10.0. The number of para-hydroxylation sites is 2. The van der Waals surface area contributed by atoms with Gasteiger partial charge in [-0.15, -0.1) is 0 Å². The molecule has 3 heterocycles. The Morgan fingerprint density at radius 3 is 2.34 bits per heavy atom. The first-order chi connectivity index (χ1) is 15.7. The van der Waals surface area contributed by atoms with E-state index in [0.29, 0.717) is 23.0 Å². The summed E-state index contributed by atoms with van der Waals surface area (Å²) in [6.45, 7) is 4.00. The van der Waals surface area contributed by atoms with Crippen LogP contribution in [0.3, 0.4) is 0 Å². The Bertz CT molecular complexity index is 1060. The highest BCUT2D eigenvalue weighted by Crippen LogP contribution is 2.33. The number of ether oxygens (including phenoxy) is 1. The van der Waals surface area contributed by atoms with Crippen LogP contribution in [0.4, 0.5) is 0 Å². The molecule has 1 amide bonds. The summed E-state index contributed by atoms with van der Waals surface area (Å²) in [7, 11) is 1.65. The number of hydrogen-bond acceptors (Lipinski definition) is 4. The molecule has 0 spiro atoms. The van der Waals surface area contributed by atoms with Crippen molar-refractivity contribution in [3.05, 3.63) is 66.4 Å². The summed E-state index contributed by atoms with van der Waals surface area (Å²) in [5, 5.41) is 4.83. The minimum atomic E-state index is 0.0490. The molecule has 0 radical (unpaired) electrons. The Kier molecular flexibility index (Phi) is 5.95. The van der Waals surface area contributed by atoms with E-state index < -0.39 is 0 Å². The van der Waals surface area contributed by atoms with Crippen molar-refractivity contribution >= 4 is 5.91 Å². The topological polar surface area (TPSA) is 50.6 Å². The van der Waals surface area contributed by atoms with Crippen molar-refractivity contribution in [2.24, 2.45) is 0 Å². The molecule has 5 rings (SSSR count). The third-order valence-corrected chi connectivity index (χ3v) is 6.74. The molecule has 6 nitrogen and oxygen atoms in total. The molecule has 0 aliphatic carbocycles. The Balaban J connectivity index is 1.45. The number of piperidine rings is 1. The molecule has 0 atom stereocenters. The van der Waals surface area contributed by atoms with E-state index in [1.807, 2.05) is 65.7 Å². The molecule has 2 aliphatic rings. The zero-order chi connectivity index (χ0) is 21.9. The maximum atomic E-state index is 13.7. The summed E-state index contributed by atoms with van der Waals surface area (Å²) in [5.74, 6) is 0.764. The second-order valence-corrected chi connectivity index (χ2v) is 8.64. The van der Waals surface area contributed by atoms with Crippen LogP contribution in [0.15, 0.2) is 60.8 Å². The van der Waals surface area contributed by atoms with Crippen molar-refractivity contribution in [3.63, 3.8) is 0 Å². The molecule has 0 unspecified atom stereocenters. The fraction of sp³-hybridized carbons (Fsp3) is 0.385. The maximum Gasteiger partial charge on any atom is 0.257 e. The molecule has 0 N–H and O–H groups in total. The van der Waals surface area contributed by atoms with Crippen molar-refractivity contribution < 1.29 is 9.53 Å². The Labute approximate surface area is 189 Å². The van der Waals surface area contributed by atoms with Gasteiger partial charge in [0.15, 0.2) is 0 Å². The number of carbonyl (C=O) groups is 1. The minimum Gasteiger partial charge on any atom is -0.496 e. The largest absolute Gasteiger partial charge is 0.496 e. The minimum absolute atomic E-state index is 0.0490. The van der Waals surface area contributed by atoms with E-state index in [0.717, 1.165) is 37.2 Å². The number of methoxy groups -OCH3 is 1. The highest BCUT2D eigenvalue weighted by atomic mass is 16.5. The lowest BCUT2D eigenvalue weighted by Crippen LogP contribution is -2.45. The number of carbonyl (C=O) groups excluding carboxylic acids is 1. The molecular formula is C26H30N4O2. The van der Waals surface area contributed by atoms with E-state index in [1.54, 1.807) is 11.8 Å². The van der Waals surface area contributed by atoms with Crippen molar-refractivity contribution in [1.82, 2.24) is 19.6 Å². The average Bonchev–Trinajstić information content (AvgIpc) is 3.55. The van der Waals surface area contributed by atoms with E-state index in [-0.39, 0.29) is 5.91 Å². The number of nitrogens with zero attached hydrogens (tertiary/aromatic N) is 4. The molecule has 2 fully saturated rings. The van der Waals surface area contributed by atoms with Crippen molar-refractivity contribution in [3.8, 4) is 22.7 Å². The first kappa shape index (κ1) is 20.8. The summed E-state index contributed by atoms with van der Waals surface area (Å²) in [6, 6.07) is 18.3. The van der Waals surface area contributed by atoms with Gasteiger partial charge in [0.25, 0.3) is 5.91 Å². The summed E-state index contributed by atoms with van der Waals surface area (Å²) in [5.41, 5.74) is 3.05. The van der Waals surface area contributed by atoms with Gasteiger partial charge in [0.1, 0.15) is 11.4 Å². The van der Waals surface area contributed by atoms with Gasteiger partial charge in [0.2, 0.25) is 0 Å². The highest BCUT2D eigenvalue weighted by Gasteiger charge is 2.31. The van der Waals surface area contributed by atoms with Crippen LogP contribution >= 0.6 is 0 Å². The number of benzene rings is 2. The summed E-state index contributed by atoms with van der Waals surface area (Å²) < 4.78 is 7.38. The Morgan fingerprint density at radius 1 is 0.938 bits per heavy atom. The van der Waals surface area contributed by atoms with Gasteiger partial charge in [-0.3, -0.25) is 4.79 Å². The smallest absolute Gasteiger partial charge is 0.257 e. The maximum absolute atomic E-state index is 13.7. The Hall–Kier alpha value is -3.12. The number of likely N-dealkylation sites (tertiary alicyclic amines) is 2. The van der Waals surface area contributed by atoms with E-state index in [1.165, 1.54) is 25.9 Å². The van der Waals surface area contributed by atoms with Crippen molar-refractivity contribution in [2.75, 3.05) is 33.3 Å². The molecular weight excluding hydrogens is 400 g/mol. The number of aromatic nitrogens is 2. The van der Waals surface area contributed by atoms with Crippen molar-refractivity contribution in [2.45, 2.75) is 31.7 Å². The van der Waals surface area contributed by atoms with E-state index in [2.05, 4.69) is 4.90 Å². The normalized spacial score (nSPS) is 17.6. The second kappa shape index (κ2) is 9.17. The van der Waals surface area contributed by atoms with Crippen LogP contribution in [-0.4, -0.2) is 64.8 Å². The highest BCUT2D eigenvalue weighted by molar-refractivity contribution is 6.00. The summed E-state index contributed by atoms with van der Waals surface area (Å²) >= 11 is 0. The lowest BCUT2D eigenvalue weighted by molar-refractivity contribution is 0.0645. The molecule has 166 valence electrons. The van der Waals surface area contributed by atoms with Crippen LogP contribution < -0.4 is 4.74 Å². The molecule has 2 aromatic carbocycles. The average molecular weight is 431 g/mol. The van der Waals surface area contributed by atoms with E-state index in [4.69, 9.17) is 9.84 Å². The fourth-order valence-electron chi connectivity index (χ4n) is 4.99. The second-order valence-electron chi connectivity index (χ2n) is 8.64. The van der Waals surface area contributed by atoms with Crippen LogP contribution in [0.25, 0.3) is 16.9 Å². The monoisotopic (exact) mass is 430 g/mol. The SMILES string of the molecule is COc1ccccc1-c1nn(-c2ccccc2)cc1C(=O)N1CCC(N2CCCC2)CC1. The van der Waals surface area contributed by atoms with Crippen LogP contribution in [0.1, 0.15) is 36.0 Å². The quantitative estimate of drug-likeness (QED) is 0.607. The number of amides is 1. The molecule has 1 aromatic heterocycles. The van der Waals surface area contributed by atoms with Gasteiger partial charge in [-0.2, -0.15) is 5.10 Å². The van der Waals surface area contributed by atoms with Crippen molar-refractivity contribution in [1.29, 1.82) is 0 Å². The lowest BCUT2D eigenvalue weighted by Gasteiger charge is -2.36. The van der Waals surface area contributed by atoms with Gasteiger partial charge in [0.05, 0.1) is 18.4 Å². The predicted octanol–water partition coefficient (Wildman–Crippen LogP) is 4.25. The van der Waals surface area contributed by atoms with Gasteiger partial charge in [-0.1, -0.05) is 30.3 Å². The van der Waals surface area contributed by atoms with E-state index >= 15 is 0 Å². The molecule has 2 aliphatic heterocycles. The summed E-state index contributed by atoms with van der Waals surface area (Å²) in [4.78, 5) is 18.3. The van der Waals surface area contributed by atoms with E-state index in [9.17, 15) is 4.79 Å². The summed E-state index contributed by atoms with van der Waals surface area (Å²) in [6.07, 6.45) is 6.57. The fourth-order valence-corrected chi connectivity index (χ4v) is 4.99. The van der Waals surface area contributed by atoms with Gasteiger partial charge < -0.3 is 14.5 Å². The molecule has 0 saturated carbocycles. The molecule has 2 saturated heterocycles. The van der Waals surface area contributed by atoms with Crippen LogP contribution in [-0.2, 0) is 0 Å². The van der Waals surface area contributed by atoms with Gasteiger partial charge >= 0.3 is 0 Å². The number of rotatable bonds is 5. The molecule has 0 bridgehead atoms.